The molecule has 0 bridgehead atoms. The largest absolute Gasteiger partial charge is 0.0783 e. The zero-order chi connectivity index (χ0) is 7.40. The second kappa shape index (κ2) is 3.69. The first kappa shape index (κ1) is 7.70. The summed E-state index contributed by atoms with van der Waals surface area (Å²) in [5.41, 5.74) is 0. The first-order valence-electron chi connectivity index (χ1n) is 2.86. The SMILES string of the molecule is C=C(Cl)Sc1ccccc1. The maximum Gasteiger partial charge on any atom is 0.0710 e. The number of halogens is 1. The van der Waals surface area contributed by atoms with Gasteiger partial charge in [0.05, 0.1) is 4.36 Å². The molecule has 0 atom stereocenters. The molecule has 1 aromatic rings. The molecule has 0 aliphatic rings. The van der Waals surface area contributed by atoms with E-state index in [4.69, 9.17) is 11.6 Å². The fraction of sp³-hybridized carbons (Fsp3) is 0. The summed E-state index contributed by atoms with van der Waals surface area (Å²) in [7, 11) is 0. The first-order chi connectivity index (χ1) is 4.79. The zero-order valence-electron chi connectivity index (χ0n) is 5.38. The highest BCUT2D eigenvalue weighted by Crippen LogP contribution is 2.26. The third kappa shape index (κ3) is 2.46. The van der Waals surface area contributed by atoms with Gasteiger partial charge >= 0.3 is 0 Å². The molecule has 0 nitrogen and oxygen atoms in total. The number of benzene rings is 1. The van der Waals surface area contributed by atoms with Crippen LogP contribution < -0.4 is 0 Å². The standard InChI is InChI=1S/C8H7ClS/c1-7(9)10-8-5-3-2-4-6-8/h2-6H,1H2. The van der Waals surface area contributed by atoms with Gasteiger partial charge in [-0.2, -0.15) is 0 Å². The van der Waals surface area contributed by atoms with Crippen LogP contribution >= 0.6 is 23.4 Å². The van der Waals surface area contributed by atoms with E-state index in [-0.39, 0.29) is 0 Å². The van der Waals surface area contributed by atoms with E-state index in [9.17, 15) is 0 Å². The molecule has 0 amide bonds. The molecule has 52 valence electrons. The van der Waals surface area contributed by atoms with Gasteiger partial charge < -0.3 is 0 Å². The molecule has 1 rings (SSSR count). The lowest BCUT2D eigenvalue weighted by Crippen LogP contribution is -1.65. The Labute approximate surface area is 69.9 Å². The van der Waals surface area contributed by atoms with Crippen molar-refractivity contribution in [3.05, 3.63) is 41.3 Å². The van der Waals surface area contributed by atoms with E-state index >= 15 is 0 Å². The Kier molecular flexibility index (Phi) is 2.84. The number of thioether (sulfide) groups is 1. The summed E-state index contributed by atoms with van der Waals surface area (Å²) in [6.45, 7) is 3.58. The second-order valence-corrected chi connectivity index (χ2v) is 3.62. The van der Waals surface area contributed by atoms with Crippen LogP contribution in [0.3, 0.4) is 0 Å². The molecule has 0 aromatic heterocycles. The van der Waals surface area contributed by atoms with E-state index in [0.29, 0.717) is 4.36 Å². The van der Waals surface area contributed by atoms with Crippen molar-refractivity contribution in [1.29, 1.82) is 0 Å². The smallest absolute Gasteiger partial charge is 0.0710 e. The minimum absolute atomic E-state index is 0.603. The molecule has 0 radical (unpaired) electrons. The Morgan fingerprint density at radius 3 is 2.40 bits per heavy atom. The fourth-order valence-electron chi connectivity index (χ4n) is 0.616. The van der Waals surface area contributed by atoms with Crippen LogP contribution in [-0.4, -0.2) is 0 Å². The first-order valence-corrected chi connectivity index (χ1v) is 4.06. The summed E-state index contributed by atoms with van der Waals surface area (Å²) in [5.74, 6) is 0. The monoisotopic (exact) mass is 170 g/mol. The van der Waals surface area contributed by atoms with Gasteiger partial charge in [-0.15, -0.1) is 0 Å². The van der Waals surface area contributed by atoms with E-state index in [1.807, 2.05) is 30.3 Å². The van der Waals surface area contributed by atoms with Crippen molar-refractivity contribution in [2.75, 3.05) is 0 Å². The predicted octanol–water partition coefficient (Wildman–Crippen LogP) is 3.49. The van der Waals surface area contributed by atoms with Crippen molar-refractivity contribution >= 4 is 23.4 Å². The number of hydrogen-bond donors (Lipinski definition) is 0. The predicted molar refractivity (Wildman–Crippen MR) is 47.3 cm³/mol. The van der Waals surface area contributed by atoms with Crippen LogP contribution in [-0.2, 0) is 0 Å². The molecule has 0 N–H and O–H groups in total. The summed E-state index contributed by atoms with van der Waals surface area (Å²) >= 11 is 7.05. The van der Waals surface area contributed by atoms with Gasteiger partial charge in [-0.3, -0.25) is 0 Å². The molecule has 0 heterocycles. The average molecular weight is 171 g/mol. The molecule has 2 heteroatoms. The Bertz CT molecular complexity index is 218. The van der Waals surface area contributed by atoms with Crippen LogP contribution in [0.15, 0.2) is 46.2 Å². The van der Waals surface area contributed by atoms with Gasteiger partial charge in [0.15, 0.2) is 0 Å². The average Bonchev–Trinajstić information content (AvgIpc) is 1.88. The van der Waals surface area contributed by atoms with Crippen molar-refractivity contribution in [3.63, 3.8) is 0 Å². The maximum atomic E-state index is 5.58. The van der Waals surface area contributed by atoms with Crippen molar-refractivity contribution in [1.82, 2.24) is 0 Å². The quantitative estimate of drug-likeness (QED) is 0.613. The summed E-state index contributed by atoms with van der Waals surface area (Å²) < 4.78 is 0.603. The van der Waals surface area contributed by atoms with Gasteiger partial charge in [0.25, 0.3) is 0 Å². The molecule has 0 unspecified atom stereocenters. The van der Waals surface area contributed by atoms with Crippen molar-refractivity contribution in [3.8, 4) is 0 Å². The lowest BCUT2D eigenvalue weighted by molar-refractivity contribution is 1.47. The molecule has 0 spiro atoms. The van der Waals surface area contributed by atoms with Gasteiger partial charge in [-0.05, 0) is 12.1 Å². The fourth-order valence-corrected chi connectivity index (χ4v) is 1.43. The Hall–Kier alpha value is -0.400. The molecule has 0 fully saturated rings. The lowest BCUT2D eigenvalue weighted by atomic mass is 10.4. The van der Waals surface area contributed by atoms with Crippen LogP contribution in [0, 0.1) is 0 Å². The zero-order valence-corrected chi connectivity index (χ0v) is 6.95. The van der Waals surface area contributed by atoms with Crippen LogP contribution in [0.1, 0.15) is 0 Å². The van der Waals surface area contributed by atoms with Crippen molar-refractivity contribution in [2.45, 2.75) is 4.90 Å². The Morgan fingerprint density at radius 2 is 1.90 bits per heavy atom. The minimum atomic E-state index is 0.603. The highest BCUT2D eigenvalue weighted by molar-refractivity contribution is 8.04. The Balaban J connectivity index is 2.67. The van der Waals surface area contributed by atoms with Crippen LogP contribution in [0.2, 0.25) is 0 Å². The van der Waals surface area contributed by atoms with Gasteiger partial charge in [-0.1, -0.05) is 48.1 Å². The van der Waals surface area contributed by atoms with E-state index < -0.39 is 0 Å². The second-order valence-electron chi connectivity index (χ2n) is 1.77. The summed E-state index contributed by atoms with van der Waals surface area (Å²) in [4.78, 5) is 1.13. The molecule has 0 saturated heterocycles. The minimum Gasteiger partial charge on any atom is -0.0783 e. The molecule has 0 saturated carbocycles. The number of hydrogen-bond acceptors (Lipinski definition) is 1. The highest BCUT2D eigenvalue weighted by Gasteiger charge is 1.91. The molecule has 1 aromatic carbocycles. The number of rotatable bonds is 2. The van der Waals surface area contributed by atoms with Crippen LogP contribution in [0.5, 0.6) is 0 Å². The molecule has 0 aliphatic carbocycles. The summed E-state index contributed by atoms with van der Waals surface area (Å²) in [5, 5.41) is 0. The third-order valence-electron chi connectivity index (χ3n) is 0.972. The summed E-state index contributed by atoms with van der Waals surface area (Å²) in [6, 6.07) is 9.92. The third-order valence-corrected chi connectivity index (χ3v) is 1.93. The topological polar surface area (TPSA) is 0 Å². The van der Waals surface area contributed by atoms with E-state index in [2.05, 4.69) is 6.58 Å². The molecule has 10 heavy (non-hydrogen) atoms. The molecular weight excluding hydrogens is 164 g/mol. The molecular formula is C8H7ClS. The van der Waals surface area contributed by atoms with Gasteiger partial charge in [0.2, 0.25) is 0 Å². The van der Waals surface area contributed by atoms with Gasteiger partial charge in [0.1, 0.15) is 0 Å². The van der Waals surface area contributed by atoms with E-state index in [1.54, 1.807) is 0 Å². The van der Waals surface area contributed by atoms with Crippen LogP contribution in [0.25, 0.3) is 0 Å². The Morgan fingerprint density at radius 1 is 1.30 bits per heavy atom. The van der Waals surface area contributed by atoms with E-state index in [1.165, 1.54) is 11.8 Å². The normalized spacial score (nSPS) is 9.30. The van der Waals surface area contributed by atoms with Gasteiger partial charge in [-0.25, -0.2) is 0 Å². The van der Waals surface area contributed by atoms with E-state index in [0.717, 1.165) is 4.90 Å². The lowest BCUT2D eigenvalue weighted by Gasteiger charge is -1.94. The van der Waals surface area contributed by atoms with Crippen molar-refractivity contribution in [2.24, 2.45) is 0 Å². The summed E-state index contributed by atoms with van der Waals surface area (Å²) in [6.07, 6.45) is 0. The molecule has 0 aliphatic heterocycles. The highest BCUT2D eigenvalue weighted by atomic mass is 35.5. The van der Waals surface area contributed by atoms with Crippen LogP contribution in [0.4, 0.5) is 0 Å². The maximum absolute atomic E-state index is 5.58. The van der Waals surface area contributed by atoms with Crippen molar-refractivity contribution < 1.29 is 0 Å². The van der Waals surface area contributed by atoms with Gasteiger partial charge in [0, 0.05) is 4.90 Å².